The summed E-state index contributed by atoms with van der Waals surface area (Å²) in [5.41, 5.74) is 0. The van der Waals surface area contributed by atoms with Gasteiger partial charge in [0.1, 0.15) is 25.4 Å². The Morgan fingerprint density at radius 1 is 0.287 bits per heavy atom. The molecule has 0 bridgehead atoms. The van der Waals surface area contributed by atoms with Crippen LogP contribution < -0.4 is 0 Å². The maximum absolute atomic E-state index is 13.0. The largest absolute Gasteiger partial charge is 0.472 e. The summed E-state index contributed by atoms with van der Waals surface area (Å²) in [5.74, 6) is -1.70. The van der Waals surface area contributed by atoms with Crippen molar-refractivity contribution in [3.05, 3.63) is 170 Å². The predicted octanol–water partition coefficient (Wildman–Crippen LogP) is 22.4. The molecule has 4 N–H and O–H groups in total. The second kappa shape index (κ2) is 74.6. The molecule has 0 heterocycles. The van der Waals surface area contributed by atoms with Gasteiger partial charge in [-0.15, -0.1) is 0 Å². The maximum atomic E-state index is 13.0. The maximum Gasteiger partial charge on any atom is 0.472 e. The van der Waals surface area contributed by atoms with Crippen LogP contribution in [0.5, 0.6) is 0 Å². The fraction of sp³-hybridized carbons (Fsp3) is 0.627. The number of allylic oxidation sites excluding steroid dienone is 28. The van der Waals surface area contributed by atoms with Crippen LogP contribution in [0.25, 0.3) is 0 Å². The number of esters is 3. The minimum atomic E-state index is -4.96. The molecule has 0 saturated heterocycles. The average molecular weight is 1450 g/mol. The van der Waals surface area contributed by atoms with E-state index in [1.807, 2.05) is 18.2 Å². The van der Waals surface area contributed by atoms with Gasteiger partial charge in [-0.2, -0.15) is 0 Å². The lowest BCUT2D eigenvalue weighted by molar-refractivity contribution is -0.161. The Bertz CT molecular complexity index is 2520. The molecule has 0 aliphatic carbocycles. The van der Waals surface area contributed by atoms with Crippen molar-refractivity contribution in [2.24, 2.45) is 0 Å². The van der Waals surface area contributed by atoms with Crippen molar-refractivity contribution in [3.8, 4) is 0 Å². The molecule has 0 saturated carbocycles. The van der Waals surface area contributed by atoms with Gasteiger partial charge in [-0.1, -0.05) is 287 Å². The van der Waals surface area contributed by atoms with E-state index < -0.39 is 91.5 Å². The number of phosphoric ester groups is 2. The third kappa shape index (κ3) is 75.9. The van der Waals surface area contributed by atoms with E-state index in [0.717, 1.165) is 141 Å². The van der Waals surface area contributed by atoms with Gasteiger partial charge in [0.15, 0.2) is 6.10 Å². The molecule has 0 amide bonds. The van der Waals surface area contributed by atoms with Gasteiger partial charge in [-0.05, 0) is 141 Å². The molecule has 0 aliphatic heterocycles. The third-order valence-electron chi connectivity index (χ3n) is 15.4. The summed E-state index contributed by atoms with van der Waals surface area (Å²) >= 11 is 0. The smallest absolute Gasteiger partial charge is 0.463 e. The Labute approximate surface area is 612 Å². The minimum absolute atomic E-state index is 0.0353. The fourth-order valence-corrected chi connectivity index (χ4v) is 11.2. The number of aliphatic hydroxyl groups is 2. The standard InChI is InChI=1S/C83H136O16P2/c1-4-7-10-13-16-19-22-25-28-31-34-35-36-37-38-39-40-41-44-46-48-51-54-57-60-63-66-69-81(86)93-72-78(84)73-95-100(89,90)96-74-79(85)75-97-101(91,92)98-77-80(99-83(88)71-68-65-62-59-56-53-50-47-43-33-30-27-24-21-18-15-12-9-6-3)76-94-82(87)70-67-64-61-58-55-52-49-45-42-32-29-26-23-20-17-14-11-8-5-2/h8-9,11-12,16-21,25-30,34-35,37-38,42-43,45,47,52,55,61,64,78-80,84-85H,4-7,10,13-15,22-24,31-33,36,39-41,44,46,48-51,53-54,56-60,62-63,65-77H2,1-3H3,(H,89,90)(H,91,92)/b11-8-,12-9-,19-16-,20-17-,21-18-,28-25-,29-26-,30-27-,35-34-,38-37-,45-42-,47-43-,55-52-,64-61-. The van der Waals surface area contributed by atoms with Crippen LogP contribution in [0.3, 0.4) is 0 Å². The van der Waals surface area contributed by atoms with Crippen LogP contribution in [0.15, 0.2) is 170 Å². The van der Waals surface area contributed by atoms with Gasteiger partial charge in [0.25, 0.3) is 0 Å². The van der Waals surface area contributed by atoms with Crippen molar-refractivity contribution >= 4 is 33.6 Å². The van der Waals surface area contributed by atoms with Crippen molar-refractivity contribution in [3.63, 3.8) is 0 Å². The minimum Gasteiger partial charge on any atom is -0.463 e. The van der Waals surface area contributed by atoms with Crippen LogP contribution in [0.2, 0.25) is 0 Å². The molecule has 18 heteroatoms. The zero-order valence-corrected chi connectivity index (χ0v) is 64.3. The van der Waals surface area contributed by atoms with Crippen molar-refractivity contribution in [1.29, 1.82) is 0 Å². The van der Waals surface area contributed by atoms with Crippen molar-refractivity contribution < 1.29 is 75.8 Å². The lowest BCUT2D eigenvalue weighted by Crippen LogP contribution is -2.30. The Kier molecular flexibility index (Phi) is 70.9. The number of hydrogen-bond acceptors (Lipinski definition) is 14. The second-order valence-corrected chi connectivity index (χ2v) is 27.9. The number of hydrogen-bond donors (Lipinski definition) is 4. The molecule has 0 fully saturated rings. The second-order valence-electron chi connectivity index (χ2n) is 25.0. The monoisotopic (exact) mass is 1450 g/mol. The summed E-state index contributed by atoms with van der Waals surface area (Å²) in [6.45, 7) is 2.30. The van der Waals surface area contributed by atoms with Crippen LogP contribution in [0, 0.1) is 0 Å². The highest BCUT2D eigenvalue weighted by molar-refractivity contribution is 7.47. The number of ether oxygens (including phenoxy) is 3. The molecule has 0 rings (SSSR count). The number of aliphatic hydroxyl groups excluding tert-OH is 2. The Morgan fingerprint density at radius 3 is 0.891 bits per heavy atom. The number of carbonyl (C=O) groups excluding carboxylic acids is 3. The third-order valence-corrected chi connectivity index (χ3v) is 17.3. The van der Waals surface area contributed by atoms with E-state index >= 15 is 0 Å². The van der Waals surface area contributed by atoms with E-state index in [9.17, 15) is 43.5 Å². The zero-order chi connectivity index (χ0) is 73.7. The van der Waals surface area contributed by atoms with Gasteiger partial charge in [0, 0.05) is 19.3 Å². The molecule has 0 aromatic carbocycles. The van der Waals surface area contributed by atoms with Crippen LogP contribution in [-0.2, 0) is 55.8 Å². The lowest BCUT2D eigenvalue weighted by Gasteiger charge is -2.21. The zero-order valence-electron chi connectivity index (χ0n) is 62.5. The highest BCUT2D eigenvalue weighted by atomic mass is 31.2. The molecule has 0 aromatic rings. The first kappa shape index (κ1) is 95.9. The van der Waals surface area contributed by atoms with Crippen molar-refractivity contribution in [2.75, 3.05) is 39.6 Å². The normalized spacial score (nSPS) is 15.0. The van der Waals surface area contributed by atoms with Gasteiger partial charge in [-0.3, -0.25) is 32.5 Å². The summed E-state index contributed by atoms with van der Waals surface area (Å²) in [5, 5.41) is 20.6. The summed E-state index contributed by atoms with van der Waals surface area (Å²) in [4.78, 5) is 58.6. The van der Waals surface area contributed by atoms with Gasteiger partial charge in [0.05, 0.1) is 26.4 Å². The molecule has 574 valence electrons. The quantitative estimate of drug-likeness (QED) is 0.0146. The van der Waals surface area contributed by atoms with E-state index in [0.29, 0.717) is 25.7 Å². The van der Waals surface area contributed by atoms with Gasteiger partial charge >= 0.3 is 33.6 Å². The number of unbranched alkanes of at least 4 members (excludes halogenated alkanes) is 20. The van der Waals surface area contributed by atoms with Crippen molar-refractivity contribution in [1.82, 2.24) is 0 Å². The first-order chi connectivity index (χ1) is 49.2. The van der Waals surface area contributed by atoms with E-state index in [-0.39, 0.29) is 19.3 Å². The molecule has 5 atom stereocenters. The van der Waals surface area contributed by atoms with Gasteiger partial charge in [0.2, 0.25) is 0 Å². The Morgan fingerprint density at radius 2 is 0.545 bits per heavy atom. The van der Waals surface area contributed by atoms with E-state index in [1.54, 1.807) is 0 Å². The van der Waals surface area contributed by atoms with Crippen molar-refractivity contribution in [2.45, 2.75) is 296 Å². The molecule has 101 heavy (non-hydrogen) atoms. The molecule has 0 aliphatic rings. The number of phosphoric acid groups is 2. The molecule has 0 radical (unpaired) electrons. The topological polar surface area (TPSA) is 231 Å². The van der Waals surface area contributed by atoms with Gasteiger partial charge < -0.3 is 34.2 Å². The SMILES string of the molecule is CC/C=C\C/C=C\C/C=C\C/C=C\C/C=C\C/C=C\CCC(=O)OCC(COP(=O)(O)OCC(O)COP(=O)(O)OCC(O)COC(=O)CCCCCCCCCCCCC/C=C\C/C=C\C/C=C\C/C=C\CCCCC)OC(=O)CCCCCCCC/C=C\C/C=C\C/C=C\C/C=C\CC. The molecular weight excluding hydrogens is 1310 g/mol. The summed E-state index contributed by atoms with van der Waals surface area (Å²) < 4.78 is 61.0. The van der Waals surface area contributed by atoms with Crippen LogP contribution in [0.1, 0.15) is 278 Å². The van der Waals surface area contributed by atoms with Crippen LogP contribution in [-0.4, -0.2) is 95.9 Å². The molecule has 0 spiro atoms. The Hall–Kier alpha value is -5.09. The van der Waals surface area contributed by atoms with Crippen LogP contribution in [0.4, 0.5) is 0 Å². The van der Waals surface area contributed by atoms with Crippen LogP contribution >= 0.6 is 15.6 Å². The highest BCUT2D eigenvalue weighted by Gasteiger charge is 2.29. The fourth-order valence-electron chi connectivity index (χ4n) is 9.63. The van der Waals surface area contributed by atoms with Gasteiger partial charge in [-0.25, -0.2) is 9.13 Å². The predicted molar refractivity (Wildman–Crippen MR) is 417 cm³/mol. The first-order valence-corrected chi connectivity index (χ1v) is 41.4. The lowest BCUT2D eigenvalue weighted by atomic mass is 10.0. The molecular formula is C83H136O16P2. The number of carbonyl (C=O) groups is 3. The summed E-state index contributed by atoms with van der Waals surface area (Å²) in [6.07, 6.45) is 94.1. The van der Waals surface area contributed by atoms with E-state index in [4.69, 9.17) is 32.3 Å². The first-order valence-electron chi connectivity index (χ1n) is 38.4. The molecule has 16 nitrogen and oxygen atoms in total. The van der Waals surface area contributed by atoms with E-state index in [1.165, 1.54) is 70.6 Å². The Balaban J connectivity index is 4.69. The molecule has 5 unspecified atom stereocenters. The average Bonchev–Trinajstić information content (AvgIpc) is 1.17. The highest BCUT2D eigenvalue weighted by Crippen LogP contribution is 2.45. The molecule has 0 aromatic heterocycles. The summed E-state index contributed by atoms with van der Waals surface area (Å²) in [6, 6.07) is 0. The summed E-state index contributed by atoms with van der Waals surface area (Å²) in [7, 11) is -9.83. The number of rotatable bonds is 71. The van der Waals surface area contributed by atoms with E-state index in [2.05, 4.69) is 173 Å².